The molecule has 1 aliphatic rings. The second kappa shape index (κ2) is 5.71. The van der Waals surface area contributed by atoms with E-state index in [1.54, 1.807) is 0 Å². The number of amides is 1. The lowest BCUT2D eigenvalue weighted by atomic mass is 10.0. The number of carbonyl (C=O) groups is 1. The molecule has 0 aromatic heterocycles. The molecule has 92 valence electrons. The van der Waals surface area contributed by atoms with Crippen LogP contribution in [0, 0.1) is 0 Å². The predicted molar refractivity (Wildman–Crippen MR) is 67.0 cm³/mol. The van der Waals surface area contributed by atoms with Crippen LogP contribution in [0.1, 0.15) is 44.2 Å². The largest absolute Gasteiger partial charge is 0.493 e. The zero-order valence-electron chi connectivity index (χ0n) is 10.2. The molecule has 0 bridgehead atoms. The Kier molecular flexibility index (Phi) is 4.02. The number of nitrogens with one attached hydrogen (secondary N) is 1. The van der Waals surface area contributed by atoms with E-state index in [2.05, 4.69) is 5.32 Å². The van der Waals surface area contributed by atoms with E-state index >= 15 is 0 Å². The molecule has 2 rings (SSSR count). The fourth-order valence-corrected chi connectivity index (χ4v) is 2.17. The molecule has 0 fully saturated rings. The Hall–Kier alpha value is -1.51. The number of hydrogen-bond acceptors (Lipinski definition) is 2. The molecule has 1 amide bonds. The molecule has 1 atom stereocenters. The first-order valence-electron chi connectivity index (χ1n) is 6.32. The second-order valence-corrected chi connectivity index (χ2v) is 4.40. The molecule has 1 aliphatic heterocycles. The Labute approximate surface area is 102 Å². The Balaban J connectivity index is 2.14. The van der Waals surface area contributed by atoms with Gasteiger partial charge in [-0.1, -0.05) is 25.1 Å². The molecule has 1 heterocycles. The molecule has 0 radical (unpaired) electrons. The van der Waals surface area contributed by atoms with Crippen molar-refractivity contribution in [3.05, 3.63) is 29.8 Å². The van der Waals surface area contributed by atoms with Crippen LogP contribution in [-0.4, -0.2) is 12.5 Å². The number of benzene rings is 1. The van der Waals surface area contributed by atoms with Crippen molar-refractivity contribution in [2.45, 2.75) is 38.6 Å². The van der Waals surface area contributed by atoms with Gasteiger partial charge in [0.25, 0.3) is 0 Å². The fraction of sp³-hybridized carbons (Fsp3) is 0.500. The third kappa shape index (κ3) is 2.99. The minimum atomic E-state index is 0.104. The van der Waals surface area contributed by atoms with Gasteiger partial charge in [-0.2, -0.15) is 0 Å². The van der Waals surface area contributed by atoms with Crippen LogP contribution in [0.3, 0.4) is 0 Å². The first kappa shape index (κ1) is 12.0. The molecule has 1 aromatic rings. The summed E-state index contributed by atoms with van der Waals surface area (Å²) in [5, 5.41) is 3.10. The minimum absolute atomic E-state index is 0.104. The van der Waals surface area contributed by atoms with E-state index < -0.39 is 0 Å². The summed E-state index contributed by atoms with van der Waals surface area (Å²) < 4.78 is 5.67. The summed E-state index contributed by atoms with van der Waals surface area (Å²) in [6, 6.07) is 8.08. The molecule has 1 aromatic carbocycles. The van der Waals surface area contributed by atoms with Gasteiger partial charge in [0.05, 0.1) is 12.6 Å². The fourth-order valence-electron chi connectivity index (χ4n) is 2.17. The van der Waals surface area contributed by atoms with Gasteiger partial charge in [-0.05, 0) is 25.3 Å². The highest BCUT2D eigenvalue weighted by molar-refractivity contribution is 5.76. The van der Waals surface area contributed by atoms with Crippen molar-refractivity contribution in [2.24, 2.45) is 0 Å². The maximum atomic E-state index is 11.7. The van der Waals surface area contributed by atoms with Gasteiger partial charge in [-0.25, -0.2) is 0 Å². The number of ether oxygens (including phenoxy) is 1. The van der Waals surface area contributed by atoms with E-state index in [4.69, 9.17) is 4.74 Å². The summed E-state index contributed by atoms with van der Waals surface area (Å²) >= 11 is 0. The summed E-state index contributed by atoms with van der Waals surface area (Å²) in [6.45, 7) is 2.75. The van der Waals surface area contributed by atoms with Crippen LogP contribution in [0.15, 0.2) is 24.3 Å². The van der Waals surface area contributed by atoms with E-state index in [0.29, 0.717) is 6.42 Å². The molecule has 1 N–H and O–H groups in total. The summed E-state index contributed by atoms with van der Waals surface area (Å²) in [5.74, 6) is 1.04. The van der Waals surface area contributed by atoms with Crippen molar-refractivity contribution in [3.8, 4) is 5.75 Å². The van der Waals surface area contributed by atoms with Crippen LogP contribution in [0.25, 0.3) is 0 Å². The van der Waals surface area contributed by atoms with Crippen LogP contribution in [-0.2, 0) is 4.79 Å². The van der Waals surface area contributed by atoms with Crippen molar-refractivity contribution in [2.75, 3.05) is 6.61 Å². The van der Waals surface area contributed by atoms with Gasteiger partial charge >= 0.3 is 0 Å². The highest BCUT2D eigenvalue weighted by Gasteiger charge is 2.20. The van der Waals surface area contributed by atoms with E-state index in [-0.39, 0.29) is 11.9 Å². The molecule has 0 saturated carbocycles. The Morgan fingerprint density at radius 2 is 2.29 bits per heavy atom. The number of carbonyl (C=O) groups excluding carboxylic acids is 1. The first-order chi connectivity index (χ1) is 8.31. The molecule has 17 heavy (non-hydrogen) atoms. The smallest absolute Gasteiger partial charge is 0.220 e. The van der Waals surface area contributed by atoms with Crippen molar-refractivity contribution < 1.29 is 9.53 Å². The van der Waals surface area contributed by atoms with Crippen LogP contribution in [0.4, 0.5) is 0 Å². The lowest BCUT2D eigenvalue weighted by molar-refractivity contribution is -0.121. The molecule has 0 aliphatic carbocycles. The van der Waals surface area contributed by atoms with E-state index in [0.717, 1.165) is 37.2 Å². The Morgan fingerprint density at radius 1 is 1.47 bits per heavy atom. The lowest BCUT2D eigenvalue weighted by Crippen LogP contribution is -2.27. The topological polar surface area (TPSA) is 38.3 Å². The molecule has 1 unspecified atom stereocenters. The van der Waals surface area contributed by atoms with Gasteiger partial charge in [-0.3, -0.25) is 4.79 Å². The van der Waals surface area contributed by atoms with Gasteiger partial charge < -0.3 is 10.1 Å². The van der Waals surface area contributed by atoms with Gasteiger partial charge in [0.1, 0.15) is 5.75 Å². The normalized spacial score (nSPS) is 18.8. The lowest BCUT2D eigenvalue weighted by Gasteiger charge is -2.18. The Bertz CT molecular complexity index is 390. The monoisotopic (exact) mass is 233 g/mol. The van der Waals surface area contributed by atoms with E-state index in [1.807, 2.05) is 31.2 Å². The van der Waals surface area contributed by atoms with E-state index in [1.165, 1.54) is 0 Å². The average molecular weight is 233 g/mol. The van der Waals surface area contributed by atoms with Crippen LogP contribution >= 0.6 is 0 Å². The van der Waals surface area contributed by atoms with Gasteiger partial charge in [0, 0.05) is 12.0 Å². The third-order valence-electron chi connectivity index (χ3n) is 3.00. The average Bonchev–Trinajstić information content (AvgIpc) is 2.53. The van der Waals surface area contributed by atoms with Gasteiger partial charge in [0.2, 0.25) is 5.91 Å². The molecular formula is C14H19NO2. The minimum Gasteiger partial charge on any atom is -0.493 e. The standard InChI is InChI=1S/C14H19NO2/c1-2-6-14(16)15-12-8-5-10-17-13-9-4-3-7-11(12)13/h3-4,7,9,12H,2,5-6,8,10H2,1H3,(H,15,16). The summed E-state index contributed by atoms with van der Waals surface area (Å²) in [7, 11) is 0. The van der Waals surface area contributed by atoms with Gasteiger partial charge in [-0.15, -0.1) is 0 Å². The maximum absolute atomic E-state index is 11.7. The summed E-state index contributed by atoms with van der Waals surface area (Å²) in [4.78, 5) is 11.7. The van der Waals surface area contributed by atoms with Crippen molar-refractivity contribution in [3.63, 3.8) is 0 Å². The maximum Gasteiger partial charge on any atom is 0.220 e. The molecule has 0 spiro atoms. The van der Waals surface area contributed by atoms with Gasteiger partial charge in [0.15, 0.2) is 0 Å². The number of rotatable bonds is 3. The third-order valence-corrected chi connectivity index (χ3v) is 3.00. The number of hydrogen-bond donors (Lipinski definition) is 1. The number of para-hydroxylation sites is 1. The summed E-state index contributed by atoms with van der Waals surface area (Å²) in [5.41, 5.74) is 1.11. The molecule has 3 nitrogen and oxygen atoms in total. The van der Waals surface area contributed by atoms with E-state index in [9.17, 15) is 4.79 Å². The van der Waals surface area contributed by atoms with Crippen molar-refractivity contribution >= 4 is 5.91 Å². The van der Waals surface area contributed by atoms with Crippen LogP contribution in [0.5, 0.6) is 5.75 Å². The number of fused-ring (bicyclic) bond motifs is 1. The zero-order chi connectivity index (χ0) is 12.1. The highest BCUT2D eigenvalue weighted by Crippen LogP contribution is 2.31. The second-order valence-electron chi connectivity index (χ2n) is 4.40. The quantitative estimate of drug-likeness (QED) is 0.871. The van der Waals surface area contributed by atoms with Crippen molar-refractivity contribution in [1.29, 1.82) is 0 Å². The molecular weight excluding hydrogens is 214 g/mol. The molecule has 3 heteroatoms. The zero-order valence-corrected chi connectivity index (χ0v) is 10.2. The SMILES string of the molecule is CCCC(=O)NC1CCCOc2ccccc21. The highest BCUT2D eigenvalue weighted by atomic mass is 16.5. The summed E-state index contributed by atoms with van der Waals surface area (Å²) in [6.07, 6.45) is 3.41. The predicted octanol–water partition coefficient (Wildman–Crippen LogP) is 2.82. The first-order valence-corrected chi connectivity index (χ1v) is 6.32. The van der Waals surface area contributed by atoms with Crippen molar-refractivity contribution in [1.82, 2.24) is 5.32 Å². The van der Waals surface area contributed by atoms with Crippen LogP contribution < -0.4 is 10.1 Å². The molecule has 0 saturated heterocycles. The Morgan fingerprint density at radius 3 is 3.12 bits per heavy atom. The van der Waals surface area contributed by atoms with Crippen LogP contribution in [0.2, 0.25) is 0 Å².